The molecule has 8 nitrogen and oxygen atoms in total. The summed E-state index contributed by atoms with van der Waals surface area (Å²) in [6.07, 6.45) is 0. The molecule has 3 aromatic rings. The molecule has 27 heavy (non-hydrogen) atoms. The zero-order chi connectivity index (χ0) is 19.0. The van der Waals surface area contributed by atoms with Gasteiger partial charge in [-0.3, -0.25) is 10.1 Å². The summed E-state index contributed by atoms with van der Waals surface area (Å²) in [7, 11) is -3.96. The van der Waals surface area contributed by atoms with Crippen LogP contribution in [-0.2, 0) is 16.6 Å². The quantitative estimate of drug-likeness (QED) is 0.385. The van der Waals surface area contributed by atoms with E-state index in [1.165, 1.54) is 17.4 Å². The minimum Gasteiger partial charge on any atom is -0.453 e. The van der Waals surface area contributed by atoms with E-state index in [9.17, 15) is 18.5 Å². The molecular weight excluding hydrogens is 390 g/mol. The van der Waals surface area contributed by atoms with Gasteiger partial charge in [-0.2, -0.15) is 0 Å². The molecule has 1 aliphatic heterocycles. The molecule has 10 heteroatoms. The van der Waals surface area contributed by atoms with Crippen LogP contribution in [-0.4, -0.2) is 13.3 Å². The van der Waals surface area contributed by atoms with Crippen molar-refractivity contribution in [1.82, 2.24) is 4.72 Å². The van der Waals surface area contributed by atoms with Crippen LogP contribution >= 0.6 is 11.3 Å². The Labute approximate surface area is 158 Å². The van der Waals surface area contributed by atoms with Crippen molar-refractivity contribution < 1.29 is 18.1 Å². The third-order valence-corrected chi connectivity index (χ3v) is 6.20. The van der Waals surface area contributed by atoms with E-state index in [0.29, 0.717) is 11.4 Å². The molecular formula is C17H13N3O5S2. The van der Waals surface area contributed by atoms with Crippen LogP contribution in [0.1, 0.15) is 4.88 Å². The Kier molecular flexibility index (Phi) is 4.30. The summed E-state index contributed by atoms with van der Waals surface area (Å²) in [6, 6.07) is 12.8. The maximum atomic E-state index is 12.6. The summed E-state index contributed by atoms with van der Waals surface area (Å²) in [5.74, 6) is 0.541. The Morgan fingerprint density at radius 1 is 1.15 bits per heavy atom. The van der Waals surface area contributed by atoms with E-state index in [4.69, 9.17) is 4.74 Å². The second-order valence-electron chi connectivity index (χ2n) is 5.70. The maximum absolute atomic E-state index is 12.6. The van der Waals surface area contributed by atoms with Crippen molar-refractivity contribution in [3.63, 3.8) is 0 Å². The molecule has 0 saturated heterocycles. The first-order valence-electron chi connectivity index (χ1n) is 7.82. The predicted octanol–water partition coefficient (Wildman–Crippen LogP) is 3.98. The molecule has 0 bridgehead atoms. The number of nitrogens with zero attached hydrogens (tertiary/aromatic N) is 1. The highest BCUT2D eigenvalue weighted by Crippen LogP contribution is 2.47. The van der Waals surface area contributed by atoms with Gasteiger partial charge in [0.25, 0.3) is 5.69 Å². The third-order valence-electron chi connectivity index (χ3n) is 3.95. The van der Waals surface area contributed by atoms with Crippen molar-refractivity contribution in [2.24, 2.45) is 0 Å². The molecule has 0 atom stereocenters. The summed E-state index contributed by atoms with van der Waals surface area (Å²) < 4.78 is 33.4. The maximum Gasteiger partial charge on any atom is 0.297 e. The van der Waals surface area contributed by atoms with Crippen molar-refractivity contribution in [3.8, 4) is 11.5 Å². The number of hydrogen-bond donors (Lipinski definition) is 2. The zero-order valence-corrected chi connectivity index (χ0v) is 15.3. The molecule has 0 amide bonds. The number of benzene rings is 2. The second-order valence-corrected chi connectivity index (χ2v) is 8.50. The highest BCUT2D eigenvalue weighted by atomic mass is 32.2. The molecule has 0 saturated carbocycles. The topological polar surface area (TPSA) is 111 Å². The fourth-order valence-electron chi connectivity index (χ4n) is 2.66. The number of nitrogens with one attached hydrogen (secondary N) is 2. The first kappa shape index (κ1) is 17.5. The van der Waals surface area contributed by atoms with Crippen LogP contribution in [0.3, 0.4) is 0 Å². The molecule has 138 valence electrons. The average molecular weight is 403 g/mol. The average Bonchev–Trinajstić information content (AvgIpc) is 3.17. The lowest BCUT2D eigenvalue weighted by atomic mass is 10.2. The van der Waals surface area contributed by atoms with E-state index in [-0.39, 0.29) is 28.6 Å². The second kappa shape index (κ2) is 6.65. The number of sulfonamides is 1. The van der Waals surface area contributed by atoms with Crippen LogP contribution < -0.4 is 14.8 Å². The molecule has 4 rings (SSSR count). The van der Waals surface area contributed by atoms with Gasteiger partial charge >= 0.3 is 0 Å². The number of fused-ring (bicyclic) bond motifs is 2. The van der Waals surface area contributed by atoms with Gasteiger partial charge in [-0.05, 0) is 23.6 Å². The highest BCUT2D eigenvalue weighted by Gasteiger charge is 2.29. The monoisotopic (exact) mass is 403 g/mol. The minimum absolute atomic E-state index is 0.0828. The van der Waals surface area contributed by atoms with Crippen LogP contribution in [0.2, 0.25) is 0 Å². The van der Waals surface area contributed by atoms with Crippen molar-refractivity contribution in [2.75, 3.05) is 5.32 Å². The van der Waals surface area contributed by atoms with Crippen LogP contribution in [0, 0.1) is 10.1 Å². The first-order valence-corrected chi connectivity index (χ1v) is 10.2. The normalized spacial score (nSPS) is 12.4. The van der Waals surface area contributed by atoms with Crippen LogP contribution in [0.4, 0.5) is 17.1 Å². The minimum atomic E-state index is -3.96. The number of nitro benzene ring substituents is 1. The molecule has 2 aromatic carbocycles. The molecule has 0 spiro atoms. The smallest absolute Gasteiger partial charge is 0.297 e. The highest BCUT2D eigenvalue weighted by molar-refractivity contribution is 7.89. The van der Waals surface area contributed by atoms with Crippen LogP contribution in [0.25, 0.3) is 0 Å². The van der Waals surface area contributed by atoms with Gasteiger partial charge in [-0.15, -0.1) is 11.3 Å². The van der Waals surface area contributed by atoms with E-state index in [1.54, 1.807) is 30.3 Å². The Balaban J connectivity index is 1.73. The molecule has 2 heterocycles. The lowest BCUT2D eigenvalue weighted by Gasteiger charge is -2.22. The Bertz CT molecular complexity index is 1130. The van der Waals surface area contributed by atoms with Crippen molar-refractivity contribution >= 4 is 38.4 Å². The van der Waals surface area contributed by atoms with E-state index < -0.39 is 14.9 Å². The number of anilines is 2. The summed E-state index contributed by atoms with van der Waals surface area (Å²) in [5, 5.41) is 16.3. The summed E-state index contributed by atoms with van der Waals surface area (Å²) in [5.41, 5.74) is 0.314. The van der Waals surface area contributed by atoms with Gasteiger partial charge in [0.2, 0.25) is 10.0 Å². The Morgan fingerprint density at radius 3 is 2.70 bits per heavy atom. The van der Waals surface area contributed by atoms with Gasteiger partial charge in [0.15, 0.2) is 17.2 Å². The SMILES string of the molecule is O=[N+]([O-])c1cc(S(=O)(=O)NCc2cccs2)cc2c1Nc1ccccc1O2. The molecule has 1 aliphatic rings. The predicted molar refractivity (Wildman–Crippen MR) is 101 cm³/mol. The summed E-state index contributed by atoms with van der Waals surface area (Å²) in [6.45, 7) is 0.104. The van der Waals surface area contributed by atoms with Crippen molar-refractivity contribution in [2.45, 2.75) is 11.4 Å². The van der Waals surface area contributed by atoms with E-state index in [1.807, 2.05) is 11.4 Å². The number of para-hydroxylation sites is 2. The van der Waals surface area contributed by atoms with Gasteiger partial charge in [0.05, 0.1) is 15.5 Å². The number of rotatable bonds is 5. The van der Waals surface area contributed by atoms with Gasteiger partial charge in [-0.25, -0.2) is 13.1 Å². The molecule has 1 aromatic heterocycles. The van der Waals surface area contributed by atoms with Crippen LogP contribution in [0.5, 0.6) is 11.5 Å². The Morgan fingerprint density at radius 2 is 1.96 bits per heavy atom. The largest absolute Gasteiger partial charge is 0.453 e. The van der Waals surface area contributed by atoms with E-state index in [0.717, 1.165) is 10.9 Å². The number of thiophene rings is 1. The fourth-order valence-corrected chi connectivity index (χ4v) is 4.43. The van der Waals surface area contributed by atoms with Gasteiger partial charge in [0.1, 0.15) is 0 Å². The molecule has 0 unspecified atom stereocenters. The molecule has 0 radical (unpaired) electrons. The van der Waals surface area contributed by atoms with Gasteiger partial charge in [0, 0.05) is 23.6 Å². The van der Waals surface area contributed by atoms with Crippen LogP contribution in [0.15, 0.2) is 58.8 Å². The standard InChI is InChI=1S/C17H13N3O5S2/c21-20(22)14-8-12(27(23,24)18-10-11-4-3-7-26-11)9-16-17(14)19-13-5-1-2-6-15(13)25-16/h1-9,18-19H,10H2. The lowest BCUT2D eigenvalue weighted by Crippen LogP contribution is -2.23. The number of nitro groups is 1. The molecule has 0 aliphatic carbocycles. The molecule has 2 N–H and O–H groups in total. The van der Waals surface area contributed by atoms with Gasteiger partial charge in [-0.1, -0.05) is 18.2 Å². The Hall–Kier alpha value is -2.95. The summed E-state index contributed by atoms with van der Waals surface area (Å²) in [4.78, 5) is 11.5. The first-order chi connectivity index (χ1) is 12.9. The zero-order valence-electron chi connectivity index (χ0n) is 13.7. The number of ether oxygens (including phenoxy) is 1. The molecule has 0 fully saturated rings. The van der Waals surface area contributed by atoms with E-state index in [2.05, 4.69) is 10.0 Å². The van der Waals surface area contributed by atoms with Crippen molar-refractivity contribution in [3.05, 3.63) is 68.9 Å². The number of hydrogen-bond acceptors (Lipinski definition) is 7. The van der Waals surface area contributed by atoms with E-state index >= 15 is 0 Å². The lowest BCUT2D eigenvalue weighted by molar-refractivity contribution is -0.384. The fraction of sp³-hybridized carbons (Fsp3) is 0.0588. The summed E-state index contributed by atoms with van der Waals surface area (Å²) >= 11 is 1.41. The third kappa shape index (κ3) is 3.37. The van der Waals surface area contributed by atoms with Gasteiger partial charge < -0.3 is 10.1 Å². The van der Waals surface area contributed by atoms with Crippen molar-refractivity contribution in [1.29, 1.82) is 0 Å².